The fourth-order valence-corrected chi connectivity index (χ4v) is 4.09. The van der Waals surface area contributed by atoms with Gasteiger partial charge in [-0.1, -0.05) is 42.5 Å². The predicted octanol–water partition coefficient (Wildman–Crippen LogP) is 4.10. The average molecular weight is 428 g/mol. The van der Waals surface area contributed by atoms with Crippen molar-refractivity contribution in [1.82, 2.24) is 4.98 Å². The molecule has 1 N–H and O–H groups in total. The maximum Gasteiger partial charge on any atom is 0.311 e. The molecule has 1 heterocycles. The second-order valence-corrected chi connectivity index (χ2v) is 8.27. The summed E-state index contributed by atoms with van der Waals surface area (Å²) in [6.07, 6.45) is 3.53. The minimum absolute atomic E-state index is 0.154. The van der Waals surface area contributed by atoms with Gasteiger partial charge in [-0.05, 0) is 29.7 Å². The number of hydrogen-bond acceptors (Lipinski definition) is 7. The molecule has 1 unspecified atom stereocenters. The number of hydrazone groups is 1. The number of nitrogens with zero attached hydrogens (tertiary/aromatic N) is 2. The van der Waals surface area contributed by atoms with E-state index < -0.39 is 10.8 Å². The number of carbonyl (C=O) groups is 1. The van der Waals surface area contributed by atoms with Gasteiger partial charge in [0.2, 0.25) is 5.13 Å². The molecule has 1 atom stereocenters. The third-order valence-electron chi connectivity index (χ3n) is 3.97. The standard InChI is InChI=1S/C21H21N3O3S2/c1-3-27-20(25)12-17-14-28-21(23-17)24-22-13-15-8-10-16(11-9-15)18-6-4-5-7-19(18)29(2)26/h4-11,13-14H,3,12H2,1-2H3,(H,23,24). The van der Waals surface area contributed by atoms with Gasteiger partial charge in [-0.25, -0.2) is 4.98 Å². The van der Waals surface area contributed by atoms with Crippen LogP contribution in [0.25, 0.3) is 11.1 Å². The van der Waals surface area contributed by atoms with Crippen molar-refractivity contribution in [3.8, 4) is 11.1 Å². The Morgan fingerprint density at radius 3 is 2.72 bits per heavy atom. The average Bonchev–Trinajstić information content (AvgIpc) is 3.15. The summed E-state index contributed by atoms with van der Waals surface area (Å²) >= 11 is 1.38. The van der Waals surface area contributed by atoms with E-state index >= 15 is 0 Å². The molecule has 0 saturated carbocycles. The lowest BCUT2D eigenvalue weighted by Crippen LogP contribution is -2.07. The topological polar surface area (TPSA) is 80.6 Å². The molecule has 0 bridgehead atoms. The number of esters is 1. The molecule has 8 heteroatoms. The third kappa shape index (κ3) is 5.82. The van der Waals surface area contributed by atoms with Gasteiger partial charge in [-0.15, -0.1) is 11.3 Å². The lowest BCUT2D eigenvalue weighted by atomic mass is 10.0. The van der Waals surface area contributed by atoms with Gasteiger partial charge >= 0.3 is 5.97 Å². The van der Waals surface area contributed by atoms with Gasteiger partial charge in [-0.3, -0.25) is 14.4 Å². The van der Waals surface area contributed by atoms with Gasteiger partial charge in [0.1, 0.15) is 0 Å². The number of anilines is 1. The van der Waals surface area contributed by atoms with Crippen LogP contribution in [-0.4, -0.2) is 34.2 Å². The predicted molar refractivity (Wildman–Crippen MR) is 118 cm³/mol. The van der Waals surface area contributed by atoms with Crippen LogP contribution in [-0.2, 0) is 26.8 Å². The normalized spacial score (nSPS) is 12.1. The molecule has 1 aromatic heterocycles. The number of benzene rings is 2. The number of ether oxygens (including phenoxy) is 1. The molecule has 29 heavy (non-hydrogen) atoms. The Morgan fingerprint density at radius 2 is 2.00 bits per heavy atom. The summed E-state index contributed by atoms with van der Waals surface area (Å²) in [4.78, 5) is 16.6. The van der Waals surface area contributed by atoms with Crippen LogP contribution in [0.5, 0.6) is 0 Å². The second-order valence-electron chi connectivity index (χ2n) is 6.07. The van der Waals surface area contributed by atoms with Crippen LogP contribution in [0.3, 0.4) is 0 Å². The lowest BCUT2D eigenvalue weighted by molar-refractivity contribution is -0.142. The molecule has 0 fully saturated rings. The van der Waals surface area contributed by atoms with Crippen molar-refractivity contribution < 1.29 is 13.7 Å². The minimum atomic E-state index is -1.05. The zero-order valence-electron chi connectivity index (χ0n) is 16.1. The van der Waals surface area contributed by atoms with E-state index in [1.807, 2.05) is 48.5 Å². The first-order valence-electron chi connectivity index (χ1n) is 8.99. The first-order chi connectivity index (χ1) is 14.1. The molecule has 0 aliphatic heterocycles. The van der Waals surface area contributed by atoms with Crippen LogP contribution in [0.2, 0.25) is 0 Å². The number of aromatic nitrogens is 1. The Bertz CT molecular complexity index is 1030. The summed E-state index contributed by atoms with van der Waals surface area (Å²) in [5.74, 6) is -0.290. The Hall–Kier alpha value is -2.84. The Balaban J connectivity index is 1.62. The quantitative estimate of drug-likeness (QED) is 0.333. The molecule has 0 amide bonds. The van der Waals surface area contributed by atoms with E-state index in [-0.39, 0.29) is 12.4 Å². The highest BCUT2D eigenvalue weighted by molar-refractivity contribution is 7.84. The van der Waals surface area contributed by atoms with E-state index in [1.54, 1.807) is 24.8 Å². The van der Waals surface area contributed by atoms with Gasteiger partial charge in [0.15, 0.2) is 0 Å². The minimum Gasteiger partial charge on any atom is -0.466 e. The number of nitrogens with one attached hydrogen (secondary N) is 1. The van der Waals surface area contributed by atoms with Crippen LogP contribution in [0.15, 0.2) is 63.9 Å². The number of carbonyl (C=O) groups excluding carboxylic acids is 1. The highest BCUT2D eigenvalue weighted by Gasteiger charge is 2.08. The molecular weight excluding hydrogens is 406 g/mol. The molecule has 0 saturated heterocycles. The summed E-state index contributed by atoms with van der Waals surface area (Å²) in [6, 6.07) is 15.5. The SMILES string of the molecule is CCOC(=O)Cc1csc(NN=Cc2ccc(-c3ccccc3S(C)=O)cc2)n1. The first kappa shape index (κ1) is 20.9. The summed E-state index contributed by atoms with van der Waals surface area (Å²) < 4.78 is 16.8. The molecule has 0 aliphatic rings. The van der Waals surface area contributed by atoms with Gasteiger partial charge in [0, 0.05) is 16.5 Å². The van der Waals surface area contributed by atoms with Crippen molar-refractivity contribution in [3.05, 3.63) is 65.2 Å². The lowest BCUT2D eigenvalue weighted by Gasteiger charge is -2.07. The summed E-state index contributed by atoms with van der Waals surface area (Å²) in [5, 5.41) is 6.61. The van der Waals surface area contributed by atoms with Gasteiger partial charge in [-0.2, -0.15) is 5.10 Å². The van der Waals surface area contributed by atoms with Crippen molar-refractivity contribution in [3.63, 3.8) is 0 Å². The van der Waals surface area contributed by atoms with E-state index in [9.17, 15) is 9.00 Å². The Morgan fingerprint density at radius 1 is 1.24 bits per heavy atom. The molecule has 2 aromatic carbocycles. The molecule has 0 spiro atoms. The number of thiazole rings is 1. The Kier molecular flexibility index (Phi) is 7.26. The maximum atomic E-state index is 11.9. The molecule has 6 nitrogen and oxygen atoms in total. The number of hydrogen-bond donors (Lipinski definition) is 1. The summed E-state index contributed by atoms with van der Waals surface area (Å²) in [7, 11) is -1.05. The molecule has 3 aromatic rings. The second kappa shape index (κ2) is 10.1. The fraction of sp³-hybridized carbons (Fsp3) is 0.190. The third-order valence-corrected chi connectivity index (χ3v) is 5.75. The van der Waals surface area contributed by atoms with Crippen LogP contribution in [0.1, 0.15) is 18.2 Å². The van der Waals surface area contributed by atoms with Crippen molar-refractivity contribution in [2.24, 2.45) is 5.10 Å². The van der Waals surface area contributed by atoms with Crippen molar-refractivity contribution in [1.29, 1.82) is 0 Å². The van der Waals surface area contributed by atoms with Gasteiger partial charge in [0.05, 0.1) is 35.7 Å². The highest BCUT2D eigenvalue weighted by Crippen LogP contribution is 2.26. The monoisotopic (exact) mass is 427 g/mol. The number of rotatable bonds is 8. The molecular formula is C21H21N3O3S2. The van der Waals surface area contributed by atoms with Crippen molar-refractivity contribution in [2.45, 2.75) is 18.2 Å². The van der Waals surface area contributed by atoms with E-state index in [0.717, 1.165) is 21.6 Å². The van der Waals surface area contributed by atoms with Crippen LogP contribution >= 0.6 is 11.3 Å². The summed E-state index contributed by atoms with van der Waals surface area (Å²) in [5.41, 5.74) is 6.41. The maximum absolute atomic E-state index is 11.9. The first-order valence-corrected chi connectivity index (χ1v) is 11.4. The van der Waals surface area contributed by atoms with E-state index in [1.165, 1.54) is 11.3 Å². The van der Waals surface area contributed by atoms with Gasteiger partial charge in [0.25, 0.3) is 0 Å². The zero-order chi connectivity index (χ0) is 20.6. The molecule has 3 rings (SSSR count). The molecule has 0 radical (unpaired) electrons. The van der Waals surface area contributed by atoms with Crippen molar-refractivity contribution >= 4 is 39.5 Å². The van der Waals surface area contributed by atoms with Crippen LogP contribution in [0, 0.1) is 0 Å². The summed E-state index contributed by atoms with van der Waals surface area (Å²) in [6.45, 7) is 2.13. The van der Waals surface area contributed by atoms with Crippen molar-refractivity contribution in [2.75, 3.05) is 18.3 Å². The molecule has 0 aliphatic carbocycles. The zero-order valence-corrected chi connectivity index (χ0v) is 17.8. The van der Waals surface area contributed by atoms with Crippen LogP contribution < -0.4 is 5.43 Å². The largest absolute Gasteiger partial charge is 0.466 e. The van der Waals surface area contributed by atoms with E-state index in [2.05, 4.69) is 15.5 Å². The highest BCUT2D eigenvalue weighted by atomic mass is 32.2. The van der Waals surface area contributed by atoms with E-state index in [0.29, 0.717) is 17.4 Å². The molecule has 150 valence electrons. The van der Waals surface area contributed by atoms with Gasteiger partial charge < -0.3 is 4.74 Å². The smallest absolute Gasteiger partial charge is 0.311 e. The van der Waals surface area contributed by atoms with Crippen LogP contribution in [0.4, 0.5) is 5.13 Å². The Labute approximate surface area is 176 Å². The fourth-order valence-electron chi connectivity index (χ4n) is 2.67. The van der Waals surface area contributed by atoms with E-state index in [4.69, 9.17) is 4.74 Å².